The van der Waals surface area contributed by atoms with E-state index in [1.807, 2.05) is 0 Å². The maximum Gasteiger partial charge on any atom is 0.141 e. The summed E-state index contributed by atoms with van der Waals surface area (Å²) in [6, 6.07) is 1.43. The van der Waals surface area contributed by atoms with Gasteiger partial charge in [-0.15, -0.1) is 0 Å². The van der Waals surface area contributed by atoms with Crippen LogP contribution in [-0.2, 0) is 4.79 Å². The molecule has 1 atom stereocenters. The smallest absolute Gasteiger partial charge is 0.141 e. The zero-order valence-electron chi connectivity index (χ0n) is 8.58. The molecule has 3 heteroatoms. The molecule has 1 fully saturated rings. The topological polar surface area (TPSA) is 30.0 Å². The Labute approximate surface area is 88.5 Å². The second kappa shape index (κ2) is 4.51. The lowest BCUT2D eigenvalue weighted by Crippen LogP contribution is -2.10. The maximum atomic E-state index is 13.0. The lowest BCUT2D eigenvalue weighted by atomic mass is 9.92. The van der Waals surface area contributed by atoms with Gasteiger partial charge in [-0.3, -0.25) is 9.78 Å². The van der Waals surface area contributed by atoms with E-state index in [0.29, 0.717) is 6.42 Å². The SMILES string of the molecule is O=C1CCCCCC1c1cncc(F)c1. The first-order chi connectivity index (χ1) is 7.27. The quantitative estimate of drug-likeness (QED) is 0.663. The van der Waals surface area contributed by atoms with Crippen molar-refractivity contribution in [2.45, 2.75) is 38.0 Å². The molecule has 0 spiro atoms. The fourth-order valence-corrected chi connectivity index (χ4v) is 2.13. The van der Waals surface area contributed by atoms with Crippen molar-refractivity contribution in [2.75, 3.05) is 0 Å². The zero-order valence-corrected chi connectivity index (χ0v) is 8.58. The van der Waals surface area contributed by atoms with E-state index in [0.717, 1.165) is 31.2 Å². The van der Waals surface area contributed by atoms with Gasteiger partial charge in [-0.25, -0.2) is 4.39 Å². The molecule has 1 aliphatic carbocycles. The molecule has 0 radical (unpaired) electrons. The molecule has 2 rings (SSSR count). The minimum atomic E-state index is -0.357. The van der Waals surface area contributed by atoms with Gasteiger partial charge in [0.15, 0.2) is 0 Å². The molecule has 0 saturated heterocycles. The molecule has 0 aliphatic heterocycles. The standard InChI is InChI=1S/C12H14FNO/c13-10-6-9(7-14-8-10)11-4-2-1-3-5-12(11)15/h6-8,11H,1-5H2. The number of hydrogen-bond donors (Lipinski definition) is 0. The highest BCUT2D eigenvalue weighted by Gasteiger charge is 2.22. The first-order valence-corrected chi connectivity index (χ1v) is 5.40. The predicted molar refractivity (Wildman–Crippen MR) is 55.0 cm³/mol. The Kier molecular flexibility index (Phi) is 3.09. The average Bonchev–Trinajstić information content (AvgIpc) is 2.43. The third kappa shape index (κ3) is 2.41. The molecule has 1 aliphatic rings. The van der Waals surface area contributed by atoms with E-state index in [9.17, 15) is 9.18 Å². The molecule has 1 aromatic rings. The van der Waals surface area contributed by atoms with Gasteiger partial charge in [0.25, 0.3) is 0 Å². The molecule has 0 amide bonds. The van der Waals surface area contributed by atoms with E-state index >= 15 is 0 Å². The number of hydrogen-bond acceptors (Lipinski definition) is 2. The van der Waals surface area contributed by atoms with E-state index in [1.54, 1.807) is 6.20 Å². The molecular weight excluding hydrogens is 193 g/mol. The fourth-order valence-electron chi connectivity index (χ4n) is 2.13. The van der Waals surface area contributed by atoms with Gasteiger partial charge in [0.05, 0.1) is 6.20 Å². The van der Waals surface area contributed by atoms with Crippen molar-refractivity contribution < 1.29 is 9.18 Å². The number of ketones is 1. The van der Waals surface area contributed by atoms with Gasteiger partial charge in [0.1, 0.15) is 11.6 Å². The summed E-state index contributed by atoms with van der Waals surface area (Å²) in [5.74, 6) is -0.250. The molecular formula is C12H14FNO. The minimum absolute atomic E-state index is 0.129. The second-order valence-corrected chi connectivity index (χ2v) is 4.05. The van der Waals surface area contributed by atoms with Gasteiger partial charge in [-0.1, -0.05) is 12.8 Å². The zero-order chi connectivity index (χ0) is 10.7. The normalized spacial score (nSPS) is 22.5. The largest absolute Gasteiger partial charge is 0.299 e. The van der Waals surface area contributed by atoms with Crippen molar-refractivity contribution in [3.05, 3.63) is 29.8 Å². The van der Waals surface area contributed by atoms with Crippen LogP contribution in [0.5, 0.6) is 0 Å². The average molecular weight is 207 g/mol. The van der Waals surface area contributed by atoms with E-state index in [-0.39, 0.29) is 17.5 Å². The summed E-state index contributed by atoms with van der Waals surface area (Å²) in [7, 11) is 0. The summed E-state index contributed by atoms with van der Waals surface area (Å²) in [5.41, 5.74) is 0.738. The van der Waals surface area contributed by atoms with Crippen LogP contribution in [0.15, 0.2) is 18.5 Å². The van der Waals surface area contributed by atoms with Crippen LogP contribution >= 0.6 is 0 Å². The number of rotatable bonds is 1. The van der Waals surface area contributed by atoms with Crippen LogP contribution in [0.3, 0.4) is 0 Å². The number of pyridine rings is 1. The highest BCUT2D eigenvalue weighted by Crippen LogP contribution is 2.28. The van der Waals surface area contributed by atoms with Crippen LogP contribution in [0.2, 0.25) is 0 Å². The van der Waals surface area contributed by atoms with Crippen molar-refractivity contribution in [3.63, 3.8) is 0 Å². The van der Waals surface area contributed by atoms with Crippen molar-refractivity contribution in [1.82, 2.24) is 4.98 Å². The van der Waals surface area contributed by atoms with Crippen LogP contribution in [0.4, 0.5) is 4.39 Å². The number of Topliss-reactive ketones (excluding diaryl/α,β-unsaturated/α-hetero) is 1. The summed E-state index contributed by atoms with van der Waals surface area (Å²) in [6.07, 6.45) is 7.36. The van der Waals surface area contributed by atoms with Crippen molar-refractivity contribution >= 4 is 5.78 Å². The van der Waals surface area contributed by atoms with Crippen LogP contribution in [-0.4, -0.2) is 10.8 Å². The van der Waals surface area contributed by atoms with E-state index < -0.39 is 0 Å². The van der Waals surface area contributed by atoms with Gasteiger partial charge in [-0.2, -0.15) is 0 Å². The Morgan fingerprint density at radius 1 is 1.27 bits per heavy atom. The van der Waals surface area contributed by atoms with Crippen molar-refractivity contribution in [3.8, 4) is 0 Å². The van der Waals surface area contributed by atoms with Gasteiger partial charge in [0.2, 0.25) is 0 Å². The Balaban J connectivity index is 2.24. The minimum Gasteiger partial charge on any atom is -0.299 e. The number of halogens is 1. The Hall–Kier alpha value is -1.25. The van der Waals surface area contributed by atoms with E-state index in [1.165, 1.54) is 12.3 Å². The molecule has 0 bridgehead atoms. The maximum absolute atomic E-state index is 13.0. The summed E-state index contributed by atoms with van der Waals surface area (Å²) in [5, 5.41) is 0. The Morgan fingerprint density at radius 2 is 2.13 bits per heavy atom. The van der Waals surface area contributed by atoms with Gasteiger partial charge in [0, 0.05) is 18.5 Å². The number of aromatic nitrogens is 1. The van der Waals surface area contributed by atoms with Gasteiger partial charge in [-0.05, 0) is 24.5 Å². The third-order valence-electron chi connectivity index (χ3n) is 2.93. The first kappa shape index (κ1) is 10.3. The molecule has 15 heavy (non-hydrogen) atoms. The Morgan fingerprint density at radius 3 is 2.93 bits per heavy atom. The monoisotopic (exact) mass is 207 g/mol. The fraction of sp³-hybridized carbons (Fsp3) is 0.500. The highest BCUT2D eigenvalue weighted by atomic mass is 19.1. The lowest BCUT2D eigenvalue weighted by molar-refractivity contribution is -0.120. The molecule has 80 valence electrons. The molecule has 0 N–H and O–H groups in total. The second-order valence-electron chi connectivity index (χ2n) is 4.05. The molecule has 1 unspecified atom stereocenters. The van der Waals surface area contributed by atoms with Gasteiger partial charge < -0.3 is 0 Å². The van der Waals surface area contributed by atoms with Crippen molar-refractivity contribution in [1.29, 1.82) is 0 Å². The molecule has 2 nitrogen and oxygen atoms in total. The summed E-state index contributed by atoms with van der Waals surface area (Å²) in [6.45, 7) is 0. The summed E-state index contributed by atoms with van der Waals surface area (Å²) >= 11 is 0. The summed E-state index contributed by atoms with van der Waals surface area (Å²) < 4.78 is 13.0. The number of nitrogens with zero attached hydrogens (tertiary/aromatic N) is 1. The number of carbonyl (C=O) groups is 1. The molecule has 1 heterocycles. The molecule has 0 aromatic carbocycles. The van der Waals surface area contributed by atoms with Gasteiger partial charge >= 0.3 is 0 Å². The molecule has 1 aromatic heterocycles. The van der Waals surface area contributed by atoms with Crippen LogP contribution in [0.1, 0.15) is 43.6 Å². The van der Waals surface area contributed by atoms with E-state index in [4.69, 9.17) is 0 Å². The van der Waals surface area contributed by atoms with Crippen LogP contribution in [0.25, 0.3) is 0 Å². The first-order valence-electron chi connectivity index (χ1n) is 5.40. The van der Waals surface area contributed by atoms with Crippen LogP contribution in [0, 0.1) is 5.82 Å². The summed E-state index contributed by atoms with van der Waals surface area (Å²) in [4.78, 5) is 15.6. The van der Waals surface area contributed by atoms with E-state index in [2.05, 4.69) is 4.98 Å². The highest BCUT2D eigenvalue weighted by molar-refractivity contribution is 5.85. The molecule has 1 saturated carbocycles. The van der Waals surface area contributed by atoms with Crippen molar-refractivity contribution in [2.24, 2.45) is 0 Å². The third-order valence-corrected chi connectivity index (χ3v) is 2.93. The number of carbonyl (C=O) groups excluding carboxylic acids is 1. The Bertz CT molecular complexity index is 364. The van der Waals surface area contributed by atoms with Crippen LogP contribution < -0.4 is 0 Å². The lowest BCUT2D eigenvalue weighted by Gasteiger charge is -2.12. The predicted octanol–water partition coefficient (Wildman–Crippen LogP) is 2.84.